The molecule has 0 bridgehead atoms. The molecule has 2 rings (SSSR count). The van der Waals surface area contributed by atoms with Crippen molar-refractivity contribution in [2.24, 2.45) is 0 Å². The molecule has 2 heterocycles. The summed E-state index contributed by atoms with van der Waals surface area (Å²) in [7, 11) is 0. The van der Waals surface area contributed by atoms with Crippen molar-refractivity contribution >= 4 is 37.5 Å². The van der Waals surface area contributed by atoms with Crippen molar-refractivity contribution in [1.29, 1.82) is 0 Å². The first kappa shape index (κ1) is 8.01. The van der Waals surface area contributed by atoms with Crippen molar-refractivity contribution in [3.63, 3.8) is 0 Å². The lowest BCUT2D eigenvalue weighted by Crippen LogP contribution is -2.04. The fourth-order valence-electron chi connectivity index (χ4n) is 1.10. The zero-order valence-electron chi connectivity index (χ0n) is 6.35. The van der Waals surface area contributed by atoms with Gasteiger partial charge in [-0.05, 0) is 35.0 Å². The van der Waals surface area contributed by atoms with E-state index in [0.717, 1.165) is 10.2 Å². The smallest absolute Gasteiger partial charge is 0.262 e. The van der Waals surface area contributed by atoms with Crippen LogP contribution in [0.3, 0.4) is 0 Å². The first-order chi connectivity index (χ1) is 5.66. The van der Waals surface area contributed by atoms with Gasteiger partial charge in [-0.25, -0.2) is 0 Å². The number of aryl methyl sites for hydroxylation is 1. The molecule has 1 N–H and O–H groups in total. The summed E-state index contributed by atoms with van der Waals surface area (Å²) in [5, 5.41) is 0. The van der Waals surface area contributed by atoms with Crippen LogP contribution in [0.2, 0.25) is 0 Å². The zero-order valence-corrected chi connectivity index (χ0v) is 8.75. The van der Waals surface area contributed by atoms with E-state index in [4.69, 9.17) is 0 Å². The van der Waals surface area contributed by atoms with Crippen LogP contribution in [-0.4, -0.2) is 4.98 Å². The van der Waals surface area contributed by atoms with Crippen LogP contribution in [0.15, 0.2) is 21.4 Å². The lowest BCUT2D eigenvalue weighted by atomic mass is 10.4. The van der Waals surface area contributed by atoms with Crippen molar-refractivity contribution in [3.05, 3.63) is 31.8 Å². The molecule has 2 aromatic heterocycles. The Kier molecular flexibility index (Phi) is 1.81. The first-order valence-corrected chi connectivity index (χ1v) is 5.07. The lowest BCUT2D eigenvalue weighted by molar-refractivity contribution is 1.29. The van der Waals surface area contributed by atoms with E-state index in [9.17, 15) is 4.79 Å². The molecule has 0 saturated heterocycles. The molecule has 12 heavy (non-hydrogen) atoms. The van der Waals surface area contributed by atoms with Crippen molar-refractivity contribution in [2.45, 2.75) is 6.92 Å². The molecule has 2 nitrogen and oxygen atoms in total. The number of halogens is 1. The highest BCUT2D eigenvalue weighted by molar-refractivity contribution is 9.10. The third-order valence-electron chi connectivity index (χ3n) is 1.61. The van der Waals surface area contributed by atoms with Crippen LogP contribution in [0.1, 0.15) is 4.88 Å². The number of H-pyrrole nitrogens is 1. The minimum absolute atomic E-state index is 0.0692. The highest BCUT2D eigenvalue weighted by Crippen LogP contribution is 2.23. The van der Waals surface area contributed by atoms with E-state index in [1.54, 1.807) is 11.3 Å². The maximum Gasteiger partial charge on any atom is 0.262 e. The Morgan fingerprint density at radius 1 is 1.50 bits per heavy atom. The lowest BCUT2D eigenvalue weighted by Gasteiger charge is -1.89. The predicted octanol–water partition coefficient (Wildman–Crippen LogP) is 2.66. The van der Waals surface area contributed by atoms with E-state index in [1.165, 1.54) is 4.88 Å². The number of aromatic amines is 1. The second-order valence-corrected chi connectivity index (χ2v) is 4.72. The Morgan fingerprint density at radius 2 is 2.25 bits per heavy atom. The third kappa shape index (κ3) is 1.21. The van der Waals surface area contributed by atoms with Gasteiger partial charge in [0.15, 0.2) is 0 Å². The molecular formula is C8H6BrNOS. The summed E-state index contributed by atoms with van der Waals surface area (Å²) in [6, 6.07) is 3.83. The van der Waals surface area contributed by atoms with E-state index in [0.29, 0.717) is 4.47 Å². The van der Waals surface area contributed by atoms with Gasteiger partial charge in [0.05, 0.1) is 14.7 Å². The summed E-state index contributed by atoms with van der Waals surface area (Å²) in [5.41, 5.74) is 0.853. The number of nitrogens with one attached hydrogen (secondary N) is 1. The van der Waals surface area contributed by atoms with Gasteiger partial charge in [0.2, 0.25) is 0 Å². The molecule has 0 spiro atoms. The summed E-state index contributed by atoms with van der Waals surface area (Å²) in [4.78, 5) is 15.1. The maximum absolute atomic E-state index is 11.1. The fraction of sp³-hybridized carbons (Fsp3) is 0.125. The fourth-order valence-corrected chi connectivity index (χ4v) is 2.50. The molecule has 4 heteroatoms. The van der Waals surface area contributed by atoms with Gasteiger partial charge < -0.3 is 4.98 Å². The average Bonchev–Trinajstić information content (AvgIpc) is 2.30. The van der Waals surface area contributed by atoms with Gasteiger partial charge in [-0.3, -0.25) is 4.79 Å². The predicted molar refractivity (Wildman–Crippen MR) is 54.9 cm³/mol. The highest BCUT2D eigenvalue weighted by Gasteiger charge is 2.01. The summed E-state index contributed by atoms with van der Waals surface area (Å²) in [5.74, 6) is 0. The number of fused-ring (bicyclic) bond motifs is 1. The van der Waals surface area contributed by atoms with Gasteiger partial charge in [-0.15, -0.1) is 11.3 Å². The monoisotopic (exact) mass is 243 g/mol. The van der Waals surface area contributed by atoms with Crippen molar-refractivity contribution < 1.29 is 0 Å². The molecule has 0 unspecified atom stereocenters. The standard InChI is InChI=1S/C8H6BrNOS/c1-4-2-6-7(12-4)3-5(9)8(11)10-6/h2-3H,1H3,(H,10,11). The number of rotatable bonds is 0. The van der Waals surface area contributed by atoms with Gasteiger partial charge in [0, 0.05) is 4.88 Å². The molecular weight excluding hydrogens is 238 g/mol. The Morgan fingerprint density at radius 3 is 3.00 bits per heavy atom. The number of pyridine rings is 1. The minimum atomic E-state index is -0.0692. The Bertz CT molecular complexity index is 485. The van der Waals surface area contributed by atoms with Gasteiger partial charge in [0.25, 0.3) is 5.56 Å². The molecule has 62 valence electrons. The number of aromatic nitrogens is 1. The average molecular weight is 244 g/mol. The summed E-state index contributed by atoms with van der Waals surface area (Å²) in [6.07, 6.45) is 0. The second-order valence-electron chi connectivity index (χ2n) is 2.58. The normalized spacial score (nSPS) is 10.8. The van der Waals surface area contributed by atoms with Crippen molar-refractivity contribution in [2.75, 3.05) is 0 Å². The SMILES string of the molecule is Cc1cc2[nH]c(=O)c(Br)cc2s1. The highest BCUT2D eigenvalue weighted by atomic mass is 79.9. The van der Waals surface area contributed by atoms with E-state index in [-0.39, 0.29) is 5.56 Å². The minimum Gasteiger partial charge on any atom is -0.320 e. The van der Waals surface area contributed by atoms with Crippen molar-refractivity contribution in [3.8, 4) is 0 Å². The van der Waals surface area contributed by atoms with Gasteiger partial charge in [-0.2, -0.15) is 0 Å². The van der Waals surface area contributed by atoms with Gasteiger partial charge in [-0.1, -0.05) is 0 Å². The molecule has 0 saturated carbocycles. The van der Waals surface area contributed by atoms with E-state index < -0.39 is 0 Å². The first-order valence-electron chi connectivity index (χ1n) is 3.46. The van der Waals surface area contributed by atoms with E-state index in [2.05, 4.69) is 20.9 Å². The summed E-state index contributed by atoms with van der Waals surface area (Å²) < 4.78 is 1.70. The van der Waals surface area contributed by atoms with Crippen LogP contribution in [-0.2, 0) is 0 Å². The molecule has 0 amide bonds. The molecule has 0 aliphatic carbocycles. The summed E-state index contributed by atoms with van der Waals surface area (Å²) >= 11 is 4.86. The van der Waals surface area contributed by atoms with Crippen LogP contribution in [0, 0.1) is 6.92 Å². The number of hydrogen-bond acceptors (Lipinski definition) is 2. The van der Waals surface area contributed by atoms with Crippen LogP contribution < -0.4 is 5.56 Å². The number of thiophene rings is 1. The molecule has 0 aliphatic heterocycles. The molecule has 2 aromatic rings. The van der Waals surface area contributed by atoms with Crippen LogP contribution in [0.4, 0.5) is 0 Å². The molecule has 0 aliphatic rings. The van der Waals surface area contributed by atoms with E-state index in [1.807, 2.05) is 19.1 Å². The number of hydrogen-bond donors (Lipinski definition) is 1. The topological polar surface area (TPSA) is 32.9 Å². The van der Waals surface area contributed by atoms with Crippen molar-refractivity contribution in [1.82, 2.24) is 4.98 Å². The van der Waals surface area contributed by atoms with Crippen LogP contribution in [0.5, 0.6) is 0 Å². The maximum atomic E-state index is 11.1. The largest absolute Gasteiger partial charge is 0.320 e. The Labute approximate surface area is 81.4 Å². The third-order valence-corrected chi connectivity index (χ3v) is 3.19. The molecule has 0 atom stereocenters. The van der Waals surface area contributed by atoms with Gasteiger partial charge in [0.1, 0.15) is 0 Å². The molecule has 0 radical (unpaired) electrons. The van der Waals surface area contributed by atoms with Crippen LogP contribution in [0.25, 0.3) is 10.2 Å². The molecule has 0 fully saturated rings. The van der Waals surface area contributed by atoms with Gasteiger partial charge >= 0.3 is 0 Å². The second kappa shape index (κ2) is 2.71. The van der Waals surface area contributed by atoms with Crippen LogP contribution >= 0.6 is 27.3 Å². The Hall–Kier alpha value is -0.610. The summed E-state index contributed by atoms with van der Waals surface area (Å²) in [6.45, 7) is 2.02. The molecule has 0 aromatic carbocycles. The Balaban J connectivity index is 2.92. The van der Waals surface area contributed by atoms with E-state index >= 15 is 0 Å². The quantitative estimate of drug-likeness (QED) is 0.759. The zero-order chi connectivity index (χ0) is 8.72.